The molecule has 0 spiro atoms. The van der Waals surface area contributed by atoms with Crippen molar-refractivity contribution in [2.45, 2.75) is 6.61 Å². The summed E-state index contributed by atoms with van der Waals surface area (Å²) in [4.78, 5) is 12.4. The Balaban J connectivity index is 2.22. The molecule has 0 N–H and O–H groups in total. The average molecular weight is 344 g/mol. The van der Waals surface area contributed by atoms with Gasteiger partial charge in [0.05, 0.1) is 14.2 Å². The summed E-state index contributed by atoms with van der Waals surface area (Å²) in [5.74, 6) is 1.64. The fourth-order valence-electron chi connectivity index (χ4n) is 2.14. The number of ketones is 1. The summed E-state index contributed by atoms with van der Waals surface area (Å²) in [5, 5.41) is 1.74. The Morgan fingerprint density at radius 3 is 2.38 bits per heavy atom. The molecule has 0 aliphatic rings. The minimum Gasteiger partial charge on any atom is -0.497 e. The first-order valence-corrected chi connectivity index (χ1v) is 8.64. The molecule has 0 radical (unpaired) electrons. The van der Waals surface area contributed by atoms with Crippen LogP contribution in [0.5, 0.6) is 17.2 Å². The molecule has 0 saturated heterocycles. The van der Waals surface area contributed by atoms with Crippen LogP contribution in [-0.2, 0) is 6.61 Å². The van der Waals surface area contributed by atoms with Gasteiger partial charge in [-0.05, 0) is 47.6 Å². The van der Waals surface area contributed by atoms with Crippen LogP contribution in [0.15, 0.2) is 53.9 Å². The zero-order chi connectivity index (χ0) is 17.4. The Labute approximate surface area is 146 Å². The molecular weight excluding hydrogens is 324 g/mol. The first-order chi connectivity index (χ1) is 11.7. The van der Waals surface area contributed by atoms with Gasteiger partial charge in [0.15, 0.2) is 5.78 Å². The van der Waals surface area contributed by atoms with E-state index in [1.165, 1.54) is 24.9 Å². The van der Waals surface area contributed by atoms with Crippen molar-refractivity contribution in [3.05, 3.63) is 65.1 Å². The summed E-state index contributed by atoms with van der Waals surface area (Å²) < 4.78 is 16.3. The van der Waals surface area contributed by atoms with E-state index in [1.807, 2.05) is 30.5 Å². The number of carbonyl (C=O) groups is 1. The quantitative estimate of drug-likeness (QED) is 0.526. The summed E-state index contributed by atoms with van der Waals surface area (Å²) in [6, 6.07) is 12.9. The largest absolute Gasteiger partial charge is 0.497 e. The number of hydrogen-bond donors (Lipinski definition) is 0. The second kappa shape index (κ2) is 9.03. The number of hydrogen-bond acceptors (Lipinski definition) is 5. The molecule has 5 heteroatoms. The molecule has 126 valence electrons. The molecule has 0 fully saturated rings. The first-order valence-electron chi connectivity index (χ1n) is 7.36. The highest BCUT2D eigenvalue weighted by Crippen LogP contribution is 2.30. The zero-order valence-electron chi connectivity index (χ0n) is 13.9. The van der Waals surface area contributed by atoms with E-state index in [1.54, 1.807) is 30.7 Å². The van der Waals surface area contributed by atoms with Crippen LogP contribution in [0.1, 0.15) is 15.9 Å². The fraction of sp³-hybridized carbons (Fsp3) is 0.211. The minimum atomic E-state index is -0.147. The van der Waals surface area contributed by atoms with E-state index in [0.29, 0.717) is 23.7 Å². The third-order valence-electron chi connectivity index (χ3n) is 3.36. The van der Waals surface area contributed by atoms with Crippen LogP contribution in [0.3, 0.4) is 0 Å². The second-order valence-electron chi connectivity index (χ2n) is 4.87. The molecule has 24 heavy (non-hydrogen) atoms. The molecule has 0 amide bonds. The maximum Gasteiger partial charge on any atom is 0.193 e. The lowest BCUT2D eigenvalue weighted by Gasteiger charge is -2.13. The van der Waals surface area contributed by atoms with Crippen LogP contribution in [0.25, 0.3) is 0 Å². The van der Waals surface area contributed by atoms with E-state index in [0.717, 1.165) is 11.3 Å². The van der Waals surface area contributed by atoms with Crippen molar-refractivity contribution < 1.29 is 19.0 Å². The Hall–Kier alpha value is -2.40. The van der Waals surface area contributed by atoms with Crippen LogP contribution in [-0.4, -0.2) is 26.3 Å². The lowest BCUT2D eigenvalue weighted by Crippen LogP contribution is -2.05. The Kier molecular flexibility index (Phi) is 6.75. The molecule has 0 heterocycles. The van der Waals surface area contributed by atoms with E-state index in [4.69, 9.17) is 14.2 Å². The van der Waals surface area contributed by atoms with Crippen LogP contribution >= 0.6 is 11.8 Å². The van der Waals surface area contributed by atoms with Gasteiger partial charge in [0.1, 0.15) is 29.4 Å². The number of benzene rings is 2. The fourth-order valence-corrected chi connectivity index (χ4v) is 2.40. The lowest BCUT2D eigenvalue weighted by molar-refractivity contribution is 0.103. The third kappa shape index (κ3) is 4.55. The maximum absolute atomic E-state index is 12.4. The molecule has 2 aromatic rings. The Morgan fingerprint density at radius 1 is 1.04 bits per heavy atom. The normalized spacial score (nSPS) is 10.6. The lowest BCUT2D eigenvalue weighted by atomic mass is 10.1. The van der Waals surface area contributed by atoms with Gasteiger partial charge in [-0.2, -0.15) is 0 Å². The molecule has 2 aromatic carbocycles. The SMILES string of the molecule is COc1ccc(COc2cccc(OC)c2C(=O)C=CSC)cc1. The standard InChI is InChI=1S/C19H20O4S/c1-21-15-9-7-14(8-10-15)13-23-18-6-4-5-17(22-2)19(18)16(20)11-12-24-3/h4-12H,13H2,1-3H3. The summed E-state index contributed by atoms with van der Waals surface area (Å²) in [6.07, 6.45) is 3.41. The highest BCUT2D eigenvalue weighted by molar-refractivity contribution is 8.01. The van der Waals surface area contributed by atoms with Crippen molar-refractivity contribution in [2.75, 3.05) is 20.5 Å². The molecule has 2 rings (SSSR count). The van der Waals surface area contributed by atoms with Crippen molar-refractivity contribution in [3.63, 3.8) is 0 Å². The van der Waals surface area contributed by atoms with Crippen LogP contribution < -0.4 is 14.2 Å². The molecule has 0 aliphatic heterocycles. The van der Waals surface area contributed by atoms with Crippen molar-refractivity contribution >= 4 is 17.5 Å². The van der Waals surface area contributed by atoms with Gasteiger partial charge < -0.3 is 14.2 Å². The van der Waals surface area contributed by atoms with Crippen molar-refractivity contribution in [1.82, 2.24) is 0 Å². The van der Waals surface area contributed by atoms with E-state index < -0.39 is 0 Å². The highest BCUT2D eigenvalue weighted by Gasteiger charge is 2.16. The number of rotatable bonds is 8. The monoisotopic (exact) mass is 344 g/mol. The van der Waals surface area contributed by atoms with E-state index >= 15 is 0 Å². The van der Waals surface area contributed by atoms with Gasteiger partial charge in [-0.3, -0.25) is 4.79 Å². The topological polar surface area (TPSA) is 44.8 Å². The number of allylic oxidation sites excluding steroid dienone is 1. The first kappa shape index (κ1) is 17.9. The summed E-state index contributed by atoms with van der Waals surface area (Å²) in [6.45, 7) is 0.351. The molecule has 0 bridgehead atoms. The average Bonchev–Trinajstić information content (AvgIpc) is 2.64. The van der Waals surface area contributed by atoms with Gasteiger partial charge in [0.2, 0.25) is 0 Å². The molecule has 0 saturated carbocycles. The van der Waals surface area contributed by atoms with Crippen molar-refractivity contribution in [1.29, 1.82) is 0 Å². The van der Waals surface area contributed by atoms with Crippen LogP contribution in [0.4, 0.5) is 0 Å². The van der Waals surface area contributed by atoms with Crippen molar-refractivity contribution in [2.24, 2.45) is 0 Å². The Bertz CT molecular complexity index is 708. The maximum atomic E-state index is 12.4. The van der Waals surface area contributed by atoms with Gasteiger partial charge in [-0.25, -0.2) is 0 Å². The number of methoxy groups -OCH3 is 2. The number of carbonyl (C=O) groups excluding carboxylic acids is 1. The zero-order valence-corrected chi connectivity index (χ0v) is 14.8. The molecule has 0 aromatic heterocycles. The van der Waals surface area contributed by atoms with Gasteiger partial charge in [-0.1, -0.05) is 18.2 Å². The molecular formula is C19H20O4S. The predicted octanol–water partition coefficient (Wildman–Crippen LogP) is 4.34. The van der Waals surface area contributed by atoms with E-state index in [2.05, 4.69) is 0 Å². The number of ether oxygens (including phenoxy) is 3. The van der Waals surface area contributed by atoms with E-state index in [9.17, 15) is 4.79 Å². The summed E-state index contributed by atoms with van der Waals surface area (Å²) >= 11 is 1.46. The van der Waals surface area contributed by atoms with Gasteiger partial charge in [-0.15, -0.1) is 11.8 Å². The molecule has 0 atom stereocenters. The van der Waals surface area contributed by atoms with Gasteiger partial charge in [0.25, 0.3) is 0 Å². The number of thioether (sulfide) groups is 1. The smallest absolute Gasteiger partial charge is 0.193 e. The van der Waals surface area contributed by atoms with Crippen molar-refractivity contribution in [3.8, 4) is 17.2 Å². The summed E-state index contributed by atoms with van der Waals surface area (Å²) in [5.41, 5.74) is 1.41. The summed E-state index contributed by atoms with van der Waals surface area (Å²) in [7, 11) is 3.17. The third-order valence-corrected chi connectivity index (χ3v) is 3.77. The molecule has 0 aliphatic carbocycles. The van der Waals surface area contributed by atoms with Gasteiger partial charge >= 0.3 is 0 Å². The van der Waals surface area contributed by atoms with Gasteiger partial charge in [0, 0.05) is 0 Å². The Morgan fingerprint density at radius 2 is 1.75 bits per heavy atom. The predicted molar refractivity (Wildman–Crippen MR) is 97.3 cm³/mol. The van der Waals surface area contributed by atoms with Crippen LogP contribution in [0, 0.1) is 0 Å². The second-order valence-corrected chi connectivity index (χ2v) is 5.62. The van der Waals surface area contributed by atoms with Crippen LogP contribution in [0.2, 0.25) is 0 Å². The highest BCUT2D eigenvalue weighted by atomic mass is 32.2. The minimum absolute atomic E-state index is 0.147. The van der Waals surface area contributed by atoms with E-state index in [-0.39, 0.29) is 5.78 Å². The molecule has 0 unspecified atom stereocenters. The molecule has 4 nitrogen and oxygen atoms in total.